The molecule has 0 aliphatic rings. The van der Waals surface area contributed by atoms with E-state index in [2.05, 4.69) is 36.0 Å². The summed E-state index contributed by atoms with van der Waals surface area (Å²) in [6.07, 6.45) is 2.05. The fraction of sp³-hybridized carbons (Fsp3) is 0.333. The number of aromatic nitrogens is 2. The molecule has 0 unspecified atom stereocenters. The van der Waals surface area contributed by atoms with E-state index in [9.17, 15) is 0 Å². The van der Waals surface area contributed by atoms with Gasteiger partial charge in [0.1, 0.15) is 11.6 Å². The lowest BCUT2D eigenvalue weighted by Gasteiger charge is -2.12. The monoisotopic (exact) mass is 255 g/mol. The zero-order chi connectivity index (χ0) is 13.8. The molecule has 0 fully saturated rings. The number of hydrogen-bond acceptors (Lipinski definition) is 3. The van der Waals surface area contributed by atoms with E-state index < -0.39 is 0 Å². The number of benzene rings is 1. The second kappa shape index (κ2) is 5.57. The van der Waals surface area contributed by atoms with E-state index in [1.54, 1.807) is 13.3 Å². The summed E-state index contributed by atoms with van der Waals surface area (Å²) in [6, 6.07) is 8.11. The number of aromatic amines is 1. The largest absolute Gasteiger partial charge is 0.496 e. The predicted octanol–water partition coefficient (Wildman–Crippen LogP) is 3.27. The Kier molecular flexibility index (Phi) is 3.86. The number of rotatable bonds is 4. The Morgan fingerprint density at radius 3 is 2.84 bits per heavy atom. The van der Waals surface area contributed by atoms with Gasteiger partial charge in [0, 0.05) is 17.5 Å². The number of ether oxygens (including phenoxy) is 1. The molecule has 0 aliphatic carbocycles. The molecule has 4 nitrogen and oxygen atoms in total. The molecule has 1 N–H and O–H groups in total. The van der Waals surface area contributed by atoms with Crippen LogP contribution >= 0.6 is 0 Å². The Balaban J connectivity index is 2.39. The highest BCUT2D eigenvalue weighted by Crippen LogP contribution is 2.30. The van der Waals surface area contributed by atoms with Crippen molar-refractivity contribution < 1.29 is 4.74 Å². The first kappa shape index (κ1) is 13.2. The fourth-order valence-corrected chi connectivity index (χ4v) is 2.01. The van der Waals surface area contributed by atoms with Gasteiger partial charge in [0.05, 0.1) is 19.6 Å². The molecule has 0 aliphatic heterocycles. The molecule has 0 atom stereocenters. The van der Waals surface area contributed by atoms with Crippen LogP contribution in [0.15, 0.2) is 24.4 Å². The Labute approximate surface area is 113 Å². The van der Waals surface area contributed by atoms with Gasteiger partial charge in [0.2, 0.25) is 0 Å². The Morgan fingerprint density at radius 2 is 2.21 bits per heavy atom. The molecule has 4 heteroatoms. The van der Waals surface area contributed by atoms with Crippen LogP contribution < -0.4 is 4.74 Å². The molecule has 0 bridgehead atoms. The standard InChI is InChI=1S/C15H17N3O/c1-10(2)13-8-11(4-5-14(13)19-3)15-17-9-12(18-15)6-7-16/h4-5,8-10H,6H2,1-3H3,(H,17,18). The third-order valence-electron chi connectivity index (χ3n) is 3.02. The summed E-state index contributed by atoms with van der Waals surface area (Å²) in [7, 11) is 1.68. The molecule has 0 amide bonds. The minimum atomic E-state index is 0.347. The molecule has 0 saturated carbocycles. The molecule has 2 aromatic rings. The van der Waals surface area contributed by atoms with Gasteiger partial charge in [0.15, 0.2) is 0 Å². The van der Waals surface area contributed by atoms with Crippen LogP contribution in [0.3, 0.4) is 0 Å². The van der Waals surface area contributed by atoms with E-state index in [-0.39, 0.29) is 0 Å². The molecule has 0 spiro atoms. The van der Waals surface area contributed by atoms with Crippen LogP contribution in [-0.2, 0) is 6.42 Å². The molecule has 0 radical (unpaired) electrons. The fourth-order valence-electron chi connectivity index (χ4n) is 2.01. The topological polar surface area (TPSA) is 61.7 Å². The molecular weight excluding hydrogens is 238 g/mol. The smallest absolute Gasteiger partial charge is 0.137 e. The van der Waals surface area contributed by atoms with Crippen LogP contribution in [0, 0.1) is 11.3 Å². The Hall–Kier alpha value is -2.28. The SMILES string of the molecule is COc1ccc(-c2ncc(CC#N)[nH]2)cc1C(C)C. The highest BCUT2D eigenvalue weighted by Gasteiger charge is 2.11. The third kappa shape index (κ3) is 2.76. The summed E-state index contributed by atoms with van der Waals surface area (Å²) in [6.45, 7) is 4.26. The highest BCUT2D eigenvalue weighted by atomic mass is 16.5. The molecule has 1 heterocycles. The number of nitrogens with zero attached hydrogens (tertiary/aromatic N) is 2. The minimum Gasteiger partial charge on any atom is -0.496 e. The summed E-state index contributed by atoms with van der Waals surface area (Å²) in [5.41, 5.74) is 2.99. The van der Waals surface area contributed by atoms with Crippen molar-refractivity contribution in [1.29, 1.82) is 5.26 Å². The first-order valence-electron chi connectivity index (χ1n) is 6.24. The first-order chi connectivity index (χ1) is 9.15. The van der Waals surface area contributed by atoms with Crippen molar-refractivity contribution in [2.75, 3.05) is 7.11 Å². The van der Waals surface area contributed by atoms with Gasteiger partial charge in [0.25, 0.3) is 0 Å². The maximum absolute atomic E-state index is 8.67. The zero-order valence-corrected chi connectivity index (χ0v) is 11.4. The van der Waals surface area contributed by atoms with Gasteiger partial charge in [-0.05, 0) is 29.7 Å². The van der Waals surface area contributed by atoms with Crippen LogP contribution in [0.1, 0.15) is 31.0 Å². The number of methoxy groups -OCH3 is 1. The number of imidazole rings is 1. The lowest BCUT2D eigenvalue weighted by molar-refractivity contribution is 0.407. The second-order valence-corrected chi connectivity index (χ2v) is 4.70. The van der Waals surface area contributed by atoms with E-state index in [4.69, 9.17) is 10.00 Å². The van der Waals surface area contributed by atoms with Crippen LogP contribution in [0.5, 0.6) is 5.75 Å². The van der Waals surface area contributed by atoms with Crippen molar-refractivity contribution in [2.24, 2.45) is 0 Å². The summed E-state index contributed by atoms with van der Waals surface area (Å²) < 4.78 is 5.37. The van der Waals surface area contributed by atoms with Crippen LogP contribution in [0.2, 0.25) is 0 Å². The van der Waals surface area contributed by atoms with Crippen LogP contribution in [0.4, 0.5) is 0 Å². The molecule has 19 heavy (non-hydrogen) atoms. The first-order valence-corrected chi connectivity index (χ1v) is 6.24. The van der Waals surface area contributed by atoms with Crippen molar-refractivity contribution in [3.8, 4) is 23.2 Å². The van der Waals surface area contributed by atoms with Gasteiger partial charge in [-0.25, -0.2) is 4.98 Å². The summed E-state index contributed by atoms with van der Waals surface area (Å²) >= 11 is 0. The molecule has 2 rings (SSSR count). The zero-order valence-electron chi connectivity index (χ0n) is 11.4. The quantitative estimate of drug-likeness (QED) is 0.912. The second-order valence-electron chi connectivity index (χ2n) is 4.70. The molecular formula is C15H17N3O. The van der Waals surface area contributed by atoms with Crippen molar-refractivity contribution in [1.82, 2.24) is 9.97 Å². The van der Waals surface area contributed by atoms with E-state index in [0.717, 1.165) is 28.4 Å². The maximum atomic E-state index is 8.67. The van der Waals surface area contributed by atoms with Crippen molar-refractivity contribution in [2.45, 2.75) is 26.2 Å². The van der Waals surface area contributed by atoms with Gasteiger partial charge in [-0.2, -0.15) is 5.26 Å². The Morgan fingerprint density at radius 1 is 1.42 bits per heavy atom. The number of nitrogens with one attached hydrogen (secondary N) is 1. The predicted molar refractivity (Wildman–Crippen MR) is 74.0 cm³/mol. The number of H-pyrrole nitrogens is 1. The van der Waals surface area contributed by atoms with Crippen molar-refractivity contribution in [3.05, 3.63) is 35.7 Å². The van der Waals surface area contributed by atoms with Gasteiger partial charge < -0.3 is 9.72 Å². The van der Waals surface area contributed by atoms with E-state index >= 15 is 0 Å². The van der Waals surface area contributed by atoms with Crippen LogP contribution in [-0.4, -0.2) is 17.1 Å². The summed E-state index contributed by atoms with van der Waals surface area (Å²) in [4.78, 5) is 7.47. The molecule has 1 aromatic heterocycles. The molecule has 1 aromatic carbocycles. The summed E-state index contributed by atoms with van der Waals surface area (Å²) in [5, 5.41) is 8.67. The van der Waals surface area contributed by atoms with E-state index in [0.29, 0.717) is 12.3 Å². The minimum absolute atomic E-state index is 0.347. The lowest BCUT2D eigenvalue weighted by Crippen LogP contribution is -1.95. The van der Waals surface area contributed by atoms with E-state index in [1.807, 2.05) is 12.1 Å². The highest BCUT2D eigenvalue weighted by molar-refractivity contribution is 5.59. The number of hydrogen-bond donors (Lipinski definition) is 1. The average Bonchev–Trinajstić information content (AvgIpc) is 2.87. The lowest BCUT2D eigenvalue weighted by atomic mass is 9.99. The van der Waals surface area contributed by atoms with Gasteiger partial charge >= 0.3 is 0 Å². The normalized spacial score (nSPS) is 10.5. The molecule has 98 valence electrons. The molecule has 0 saturated heterocycles. The van der Waals surface area contributed by atoms with Crippen molar-refractivity contribution in [3.63, 3.8) is 0 Å². The third-order valence-corrected chi connectivity index (χ3v) is 3.02. The van der Waals surface area contributed by atoms with Gasteiger partial charge in [-0.3, -0.25) is 0 Å². The van der Waals surface area contributed by atoms with Crippen molar-refractivity contribution >= 4 is 0 Å². The van der Waals surface area contributed by atoms with E-state index in [1.165, 1.54) is 0 Å². The summed E-state index contributed by atoms with van der Waals surface area (Å²) in [5.74, 6) is 2.06. The number of nitriles is 1. The average molecular weight is 255 g/mol. The Bertz CT molecular complexity index is 608. The van der Waals surface area contributed by atoms with Crippen LogP contribution in [0.25, 0.3) is 11.4 Å². The van der Waals surface area contributed by atoms with Gasteiger partial charge in [-0.15, -0.1) is 0 Å². The maximum Gasteiger partial charge on any atom is 0.137 e. The van der Waals surface area contributed by atoms with Gasteiger partial charge in [-0.1, -0.05) is 13.8 Å².